The van der Waals surface area contributed by atoms with Gasteiger partial charge in [-0.3, -0.25) is 16.0 Å². The van der Waals surface area contributed by atoms with E-state index in [1.807, 2.05) is 38.2 Å². The third kappa shape index (κ3) is 3.67. The number of aliphatic hydroxyl groups excluding tert-OH is 1. The molecule has 0 saturated carbocycles. The van der Waals surface area contributed by atoms with Crippen LogP contribution in [0.2, 0.25) is 0 Å². The Morgan fingerprint density at radius 1 is 1.18 bits per heavy atom. The van der Waals surface area contributed by atoms with Gasteiger partial charge in [0, 0.05) is 28.9 Å². The highest BCUT2D eigenvalue weighted by molar-refractivity contribution is 14.1. The van der Waals surface area contributed by atoms with Gasteiger partial charge in [0.05, 0.1) is 10.1 Å². The number of amidine groups is 1. The Morgan fingerprint density at radius 3 is 2.50 bits per heavy atom. The number of hydrogen-bond donors (Lipinski definition) is 5. The Kier molecular flexibility index (Phi) is 5.82. The van der Waals surface area contributed by atoms with E-state index >= 15 is 0 Å². The highest BCUT2D eigenvalue weighted by Crippen LogP contribution is 2.34. The zero-order chi connectivity index (χ0) is 20.6. The molecule has 0 aliphatic rings. The summed E-state index contributed by atoms with van der Waals surface area (Å²) in [6.45, 7) is 3.81. The van der Waals surface area contributed by atoms with Crippen LogP contribution in [-0.2, 0) is 4.55 Å². The normalized spacial score (nSPS) is 12.5. The van der Waals surface area contributed by atoms with Crippen molar-refractivity contribution in [2.75, 3.05) is 4.90 Å². The van der Waals surface area contributed by atoms with Crippen LogP contribution < -0.4 is 10.6 Å². The van der Waals surface area contributed by atoms with Gasteiger partial charge in [0.25, 0.3) is 0 Å². The van der Waals surface area contributed by atoms with Crippen molar-refractivity contribution in [3.05, 3.63) is 53.7 Å². The molecule has 1 atom stereocenters. The molecule has 6 N–H and O–H groups in total. The predicted octanol–water partition coefficient (Wildman–Crippen LogP) is 3.63. The standard InChI is InChI=1S/C20H23IN4O3/c1-11(2)14-8-15(18(27)9-17(14)26)19(22)25(20(23)28)13-3-4-16-12(7-13)5-6-24(16)10-21/h3-9,11,20,22,26-28H,10,23H2,1-2H3. The number of anilines is 1. The summed E-state index contributed by atoms with van der Waals surface area (Å²) in [5.41, 5.74) is 8.09. The highest BCUT2D eigenvalue weighted by atomic mass is 127. The number of nitrogens with one attached hydrogen (secondary N) is 1. The lowest BCUT2D eigenvalue weighted by molar-refractivity contribution is 0.192. The van der Waals surface area contributed by atoms with Crippen molar-refractivity contribution < 1.29 is 15.3 Å². The van der Waals surface area contributed by atoms with Gasteiger partial charge in [0.2, 0.25) is 0 Å². The number of nitrogens with zero attached hydrogens (tertiary/aromatic N) is 2. The average molecular weight is 494 g/mol. The van der Waals surface area contributed by atoms with Gasteiger partial charge < -0.3 is 19.9 Å². The van der Waals surface area contributed by atoms with E-state index in [1.165, 1.54) is 11.0 Å². The number of aliphatic hydroxyl groups is 1. The fourth-order valence-electron chi connectivity index (χ4n) is 3.23. The molecule has 1 heterocycles. The van der Waals surface area contributed by atoms with E-state index in [0.29, 0.717) is 11.3 Å². The molecule has 7 nitrogen and oxygen atoms in total. The molecule has 148 valence electrons. The smallest absolute Gasteiger partial charge is 0.186 e. The summed E-state index contributed by atoms with van der Waals surface area (Å²) in [5.74, 6) is -0.463. The van der Waals surface area contributed by atoms with Gasteiger partial charge in [-0.25, -0.2) is 0 Å². The second-order valence-electron chi connectivity index (χ2n) is 6.86. The number of alkyl halides is 1. The molecule has 0 fully saturated rings. The first kappa shape index (κ1) is 20.4. The van der Waals surface area contributed by atoms with Gasteiger partial charge in [0.15, 0.2) is 6.35 Å². The van der Waals surface area contributed by atoms with Crippen molar-refractivity contribution in [3.8, 4) is 11.5 Å². The number of phenols is 2. The first-order chi connectivity index (χ1) is 13.2. The summed E-state index contributed by atoms with van der Waals surface area (Å²) in [6, 6.07) is 10.2. The molecule has 3 rings (SSSR count). The molecule has 0 aliphatic carbocycles. The molecular weight excluding hydrogens is 471 g/mol. The maximum absolute atomic E-state index is 10.3. The lowest BCUT2D eigenvalue weighted by Crippen LogP contribution is -2.46. The molecule has 3 aromatic rings. The fraction of sp³-hybridized carbons (Fsp3) is 0.250. The number of halogens is 1. The average Bonchev–Trinajstić information content (AvgIpc) is 3.03. The van der Waals surface area contributed by atoms with E-state index < -0.39 is 6.35 Å². The van der Waals surface area contributed by atoms with Crippen LogP contribution >= 0.6 is 22.6 Å². The van der Waals surface area contributed by atoms with E-state index in [-0.39, 0.29) is 28.8 Å². The van der Waals surface area contributed by atoms with Gasteiger partial charge in [-0.05, 0) is 41.8 Å². The molecule has 1 unspecified atom stereocenters. The van der Waals surface area contributed by atoms with E-state index in [9.17, 15) is 15.3 Å². The van der Waals surface area contributed by atoms with Crippen molar-refractivity contribution in [2.45, 2.75) is 30.7 Å². The van der Waals surface area contributed by atoms with E-state index in [1.54, 1.807) is 12.1 Å². The second-order valence-corrected chi connectivity index (χ2v) is 7.55. The van der Waals surface area contributed by atoms with Gasteiger partial charge in [-0.1, -0.05) is 36.4 Å². The van der Waals surface area contributed by atoms with Crippen LogP contribution in [-0.4, -0.2) is 32.1 Å². The summed E-state index contributed by atoms with van der Waals surface area (Å²) in [6.07, 6.45) is 0.489. The molecule has 0 saturated heterocycles. The number of aromatic nitrogens is 1. The highest BCUT2D eigenvalue weighted by Gasteiger charge is 2.24. The minimum atomic E-state index is -1.48. The Hall–Kier alpha value is -2.30. The van der Waals surface area contributed by atoms with Crippen LogP contribution in [0, 0.1) is 5.41 Å². The lowest BCUT2D eigenvalue weighted by atomic mass is 9.98. The molecule has 0 bridgehead atoms. The summed E-state index contributed by atoms with van der Waals surface area (Å²) < 4.78 is 2.88. The number of hydrogen-bond acceptors (Lipinski definition) is 5. The first-order valence-corrected chi connectivity index (χ1v) is 10.3. The van der Waals surface area contributed by atoms with Crippen molar-refractivity contribution in [1.82, 2.24) is 4.57 Å². The molecule has 1 aromatic heterocycles. The number of aromatic hydroxyl groups is 2. The van der Waals surface area contributed by atoms with Crippen LogP contribution in [0.15, 0.2) is 42.6 Å². The third-order valence-corrected chi connectivity index (χ3v) is 5.42. The van der Waals surface area contributed by atoms with Gasteiger partial charge in [-0.15, -0.1) is 0 Å². The monoisotopic (exact) mass is 494 g/mol. The minimum Gasteiger partial charge on any atom is -0.508 e. The van der Waals surface area contributed by atoms with E-state index in [4.69, 9.17) is 11.1 Å². The molecule has 8 heteroatoms. The maximum Gasteiger partial charge on any atom is 0.186 e. The van der Waals surface area contributed by atoms with E-state index in [0.717, 1.165) is 15.5 Å². The quantitative estimate of drug-likeness (QED) is 0.122. The van der Waals surface area contributed by atoms with Gasteiger partial charge >= 0.3 is 0 Å². The van der Waals surface area contributed by atoms with Crippen molar-refractivity contribution in [2.24, 2.45) is 5.73 Å². The van der Waals surface area contributed by atoms with Crippen molar-refractivity contribution in [1.29, 1.82) is 5.41 Å². The molecule has 28 heavy (non-hydrogen) atoms. The molecule has 0 aliphatic heterocycles. The van der Waals surface area contributed by atoms with Crippen LogP contribution in [0.1, 0.15) is 30.9 Å². The predicted molar refractivity (Wildman–Crippen MR) is 119 cm³/mol. The number of rotatable bonds is 5. The lowest BCUT2D eigenvalue weighted by Gasteiger charge is -2.28. The fourth-order valence-corrected chi connectivity index (χ4v) is 3.83. The number of nitrogens with two attached hydrogens (primary N) is 1. The maximum atomic E-state index is 10.3. The largest absolute Gasteiger partial charge is 0.508 e. The zero-order valence-electron chi connectivity index (χ0n) is 15.6. The molecule has 0 spiro atoms. The van der Waals surface area contributed by atoms with Crippen molar-refractivity contribution in [3.63, 3.8) is 0 Å². The van der Waals surface area contributed by atoms with Crippen LogP contribution in [0.5, 0.6) is 11.5 Å². The summed E-state index contributed by atoms with van der Waals surface area (Å²) in [7, 11) is 0. The Morgan fingerprint density at radius 2 is 1.89 bits per heavy atom. The topological polar surface area (TPSA) is 119 Å². The Balaban J connectivity index is 2.08. The molecular formula is C20H23IN4O3. The molecule has 0 amide bonds. The van der Waals surface area contributed by atoms with Crippen LogP contribution in [0.4, 0.5) is 5.69 Å². The molecule has 2 aromatic carbocycles. The van der Waals surface area contributed by atoms with Crippen molar-refractivity contribution >= 4 is 45.0 Å². The van der Waals surface area contributed by atoms with Crippen LogP contribution in [0.25, 0.3) is 10.9 Å². The third-order valence-electron chi connectivity index (χ3n) is 4.69. The summed E-state index contributed by atoms with van der Waals surface area (Å²) >= 11 is 2.27. The second kappa shape index (κ2) is 7.98. The SMILES string of the molecule is CC(C)c1cc(C(=N)N(c2ccc3c(ccn3CI)c2)C(N)O)c(O)cc1O. The van der Waals surface area contributed by atoms with Crippen LogP contribution in [0.3, 0.4) is 0 Å². The zero-order valence-corrected chi connectivity index (χ0v) is 17.8. The van der Waals surface area contributed by atoms with Gasteiger partial charge in [0.1, 0.15) is 17.3 Å². The number of fused-ring (bicyclic) bond motifs is 1. The van der Waals surface area contributed by atoms with E-state index in [2.05, 4.69) is 27.2 Å². The molecule has 0 radical (unpaired) electrons. The first-order valence-electron chi connectivity index (χ1n) is 8.77. The number of benzene rings is 2. The number of phenolic OH excluding ortho intramolecular Hbond substituents is 2. The van der Waals surface area contributed by atoms with Gasteiger partial charge in [-0.2, -0.15) is 0 Å². The minimum absolute atomic E-state index is 0.00667. The summed E-state index contributed by atoms with van der Waals surface area (Å²) in [4.78, 5) is 1.23. The Bertz CT molecular complexity index is 1030. The summed E-state index contributed by atoms with van der Waals surface area (Å²) in [5, 5.41) is 40.1. The Labute approximate surface area is 176 Å².